The van der Waals surface area contributed by atoms with E-state index in [1.54, 1.807) is 0 Å². The van der Waals surface area contributed by atoms with Gasteiger partial charge in [0.05, 0.1) is 6.26 Å². The molecule has 4 aliphatic carbocycles. The molecule has 6 atom stereocenters. The summed E-state index contributed by atoms with van der Waals surface area (Å²) in [6.45, 7) is 5.00. The van der Waals surface area contributed by atoms with E-state index in [-0.39, 0.29) is 29.3 Å². The molecule has 42 heavy (non-hydrogen) atoms. The molecule has 0 amide bonds. The molecule has 4 nitrogen and oxygen atoms in total. The summed E-state index contributed by atoms with van der Waals surface area (Å²) in [5.41, 5.74) is 1.11. The Balaban J connectivity index is 0.962. The Kier molecular flexibility index (Phi) is 11.0. The molecule has 1 spiro atoms. The van der Waals surface area contributed by atoms with E-state index >= 15 is 0 Å². The van der Waals surface area contributed by atoms with Crippen LogP contribution in [-0.4, -0.2) is 23.3 Å². The quantitative estimate of drug-likeness (QED) is 0.113. The first-order valence-electron chi connectivity index (χ1n) is 18.0. The number of esters is 1. The van der Waals surface area contributed by atoms with Gasteiger partial charge in [-0.25, -0.2) is 0 Å². The van der Waals surface area contributed by atoms with E-state index in [0.717, 1.165) is 38.5 Å². The van der Waals surface area contributed by atoms with E-state index in [2.05, 4.69) is 32.1 Å². The third-order valence-electron chi connectivity index (χ3n) is 12.3. The van der Waals surface area contributed by atoms with Crippen LogP contribution in [0.3, 0.4) is 0 Å². The van der Waals surface area contributed by atoms with Gasteiger partial charge >= 0.3 is 5.97 Å². The monoisotopic (exact) mass is 580 g/mol. The number of carbonyl (C=O) groups is 1. The molecular weight excluding hydrogens is 520 g/mol. The summed E-state index contributed by atoms with van der Waals surface area (Å²) in [5, 5.41) is 11.9. The zero-order valence-corrected chi connectivity index (χ0v) is 27.0. The van der Waals surface area contributed by atoms with Crippen molar-refractivity contribution in [3.8, 4) is 0 Å². The molecule has 1 aromatic heterocycles. The summed E-state index contributed by atoms with van der Waals surface area (Å²) >= 11 is 0. The molecular formula is C38H60O4. The fourth-order valence-electron chi connectivity index (χ4n) is 10.1. The largest absolute Gasteiger partial charge is 0.469 e. The molecule has 0 saturated heterocycles. The van der Waals surface area contributed by atoms with Crippen molar-refractivity contribution in [2.24, 2.45) is 22.7 Å². The standard InChI is InChI=1S/C38H60O4/c1-3-4-5-6-7-8-9-10-11-12-13-14-15-16-17-18-35(39)42-29-38(40)28-37-25-21-32-31-23-26-41-33(31)22-24-36(32,2)34(37)20-19-30(38)27-37/h10-11,23,26,30,32,34,40H,3-9,12-22,24-25,27-29H2,1-2H3/b11-10-/t30-,32-,34+,36-,37-,38+/m0/s1. The Morgan fingerprint density at radius 2 is 1.69 bits per heavy atom. The third-order valence-corrected chi connectivity index (χ3v) is 12.3. The van der Waals surface area contributed by atoms with Crippen LogP contribution < -0.4 is 0 Å². The van der Waals surface area contributed by atoms with Gasteiger partial charge in [0.2, 0.25) is 0 Å². The highest BCUT2D eigenvalue weighted by Crippen LogP contribution is 2.72. The first-order chi connectivity index (χ1) is 20.4. The van der Waals surface area contributed by atoms with E-state index in [1.165, 1.54) is 108 Å². The molecule has 1 aromatic rings. The predicted molar refractivity (Wildman–Crippen MR) is 170 cm³/mol. The van der Waals surface area contributed by atoms with Crippen LogP contribution >= 0.6 is 0 Å². The summed E-state index contributed by atoms with van der Waals surface area (Å²) in [7, 11) is 0. The number of allylic oxidation sites excluding steroid dienone is 2. The molecule has 2 bridgehead atoms. The Morgan fingerprint density at radius 1 is 0.976 bits per heavy atom. The summed E-state index contributed by atoms with van der Waals surface area (Å²) in [4.78, 5) is 12.6. The maximum Gasteiger partial charge on any atom is 0.305 e. The highest BCUT2D eigenvalue weighted by atomic mass is 16.5. The minimum Gasteiger partial charge on any atom is -0.469 e. The first kappa shape index (κ1) is 31.9. The average molecular weight is 581 g/mol. The number of fused-ring (bicyclic) bond motifs is 5. The van der Waals surface area contributed by atoms with Gasteiger partial charge < -0.3 is 14.3 Å². The van der Waals surface area contributed by atoms with E-state index in [0.29, 0.717) is 18.3 Å². The van der Waals surface area contributed by atoms with Gasteiger partial charge in [0.25, 0.3) is 0 Å². The second-order valence-corrected chi connectivity index (χ2v) is 15.1. The Hall–Kier alpha value is -1.55. The Bertz CT molecular complexity index is 1030. The summed E-state index contributed by atoms with van der Waals surface area (Å²) in [5.74, 6) is 2.60. The van der Waals surface area contributed by atoms with Crippen LogP contribution in [0.1, 0.15) is 166 Å². The number of ether oxygens (including phenoxy) is 1. The molecule has 0 unspecified atom stereocenters. The van der Waals surface area contributed by atoms with Crippen molar-refractivity contribution in [3.63, 3.8) is 0 Å². The normalized spacial score (nSPS) is 33.4. The van der Waals surface area contributed by atoms with Crippen molar-refractivity contribution >= 4 is 5.97 Å². The highest BCUT2D eigenvalue weighted by Gasteiger charge is 2.66. The van der Waals surface area contributed by atoms with Crippen molar-refractivity contribution in [3.05, 3.63) is 35.8 Å². The van der Waals surface area contributed by atoms with E-state index in [1.807, 2.05) is 6.26 Å². The predicted octanol–water partition coefficient (Wildman–Crippen LogP) is 10.2. The van der Waals surface area contributed by atoms with Crippen molar-refractivity contribution in [2.75, 3.05) is 6.61 Å². The minimum absolute atomic E-state index is 0.119. The van der Waals surface area contributed by atoms with Gasteiger partial charge in [-0.05, 0) is 117 Å². The molecule has 3 saturated carbocycles. The van der Waals surface area contributed by atoms with Gasteiger partial charge in [0, 0.05) is 12.8 Å². The minimum atomic E-state index is -0.842. The second-order valence-electron chi connectivity index (χ2n) is 15.1. The average Bonchev–Trinajstić information content (AvgIpc) is 3.54. The number of aliphatic hydroxyl groups is 1. The number of hydrogen-bond acceptors (Lipinski definition) is 4. The molecule has 236 valence electrons. The van der Waals surface area contributed by atoms with Gasteiger partial charge in [0.1, 0.15) is 18.0 Å². The number of aryl methyl sites for hydroxylation is 1. The van der Waals surface area contributed by atoms with Gasteiger partial charge in [-0.2, -0.15) is 0 Å². The fourth-order valence-corrected chi connectivity index (χ4v) is 10.1. The van der Waals surface area contributed by atoms with Crippen LogP contribution in [0.2, 0.25) is 0 Å². The molecule has 1 N–H and O–H groups in total. The van der Waals surface area contributed by atoms with Crippen LogP contribution in [-0.2, 0) is 16.0 Å². The molecule has 0 aromatic carbocycles. The lowest BCUT2D eigenvalue weighted by atomic mass is 9.45. The number of unbranched alkanes of at least 4 members (excludes halogenated alkanes) is 11. The number of furan rings is 1. The lowest BCUT2D eigenvalue weighted by Gasteiger charge is -2.59. The van der Waals surface area contributed by atoms with E-state index in [9.17, 15) is 9.90 Å². The topological polar surface area (TPSA) is 59.7 Å². The van der Waals surface area contributed by atoms with Crippen LogP contribution in [0.5, 0.6) is 0 Å². The van der Waals surface area contributed by atoms with Crippen molar-refractivity contribution < 1.29 is 19.1 Å². The lowest BCUT2D eigenvalue weighted by molar-refractivity contribution is -0.154. The summed E-state index contributed by atoms with van der Waals surface area (Å²) in [6, 6.07) is 2.22. The fraction of sp³-hybridized carbons (Fsp3) is 0.816. The molecule has 4 aliphatic rings. The first-order valence-corrected chi connectivity index (χ1v) is 18.0. The number of rotatable bonds is 17. The van der Waals surface area contributed by atoms with Gasteiger partial charge in [0.15, 0.2) is 0 Å². The van der Waals surface area contributed by atoms with Crippen molar-refractivity contribution in [1.82, 2.24) is 0 Å². The van der Waals surface area contributed by atoms with Gasteiger partial charge in [-0.1, -0.05) is 77.4 Å². The molecule has 3 fully saturated rings. The van der Waals surface area contributed by atoms with Crippen LogP contribution in [0.25, 0.3) is 0 Å². The van der Waals surface area contributed by atoms with Crippen molar-refractivity contribution in [1.29, 1.82) is 0 Å². The number of hydrogen-bond donors (Lipinski definition) is 1. The summed E-state index contributed by atoms with van der Waals surface area (Å²) < 4.78 is 11.6. The van der Waals surface area contributed by atoms with E-state index < -0.39 is 5.60 Å². The Labute approximate surface area is 256 Å². The molecule has 0 aliphatic heterocycles. The van der Waals surface area contributed by atoms with Gasteiger partial charge in [-0.3, -0.25) is 4.79 Å². The second kappa shape index (κ2) is 14.5. The van der Waals surface area contributed by atoms with Crippen LogP contribution in [0.4, 0.5) is 0 Å². The molecule has 5 rings (SSSR count). The SMILES string of the molecule is CCCCCCCC/C=C\CCCCCCCC(=O)OC[C@]1(O)C[C@@]23CC[C@H]4c5ccoc5CC[C@]4(C)[C@H]2CC[C@H]1C3. The maximum absolute atomic E-state index is 12.6. The van der Waals surface area contributed by atoms with Crippen molar-refractivity contribution in [2.45, 2.75) is 167 Å². The smallest absolute Gasteiger partial charge is 0.305 e. The van der Waals surface area contributed by atoms with Gasteiger partial charge in [-0.15, -0.1) is 0 Å². The zero-order chi connectivity index (χ0) is 29.5. The van der Waals surface area contributed by atoms with E-state index in [4.69, 9.17) is 9.15 Å². The zero-order valence-electron chi connectivity index (χ0n) is 27.0. The van der Waals surface area contributed by atoms with Crippen LogP contribution in [0.15, 0.2) is 28.9 Å². The summed E-state index contributed by atoms with van der Waals surface area (Å²) in [6.07, 6.45) is 32.2. The molecule has 1 heterocycles. The molecule has 4 heteroatoms. The Morgan fingerprint density at radius 3 is 2.45 bits per heavy atom. The molecule has 0 radical (unpaired) electrons. The lowest BCUT2D eigenvalue weighted by Crippen LogP contribution is -2.51. The van der Waals surface area contributed by atoms with Crippen LogP contribution in [0, 0.1) is 22.7 Å². The highest BCUT2D eigenvalue weighted by molar-refractivity contribution is 5.69. The maximum atomic E-state index is 12.6. The third kappa shape index (κ3) is 7.05. The number of carbonyl (C=O) groups excluding carboxylic acids is 1.